The van der Waals surface area contributed by atoms with E-state index in [-0.39, 0.29) is 11.4 Å². The minimum Gasteiger partial charge on any atom is -0.463 e. The van der Waals surface area contributed by atoms with E-state index in [0.717, 1.165) is 12.8 Å². The highest BCUT2D eigenvalue weighted by Crippen LogP contribution is 2.49. The van der Waals surface area contributed by atoms with Crippen LogP contribution in [0.5, 0.6) is 0 Å². The molecule has 2 N–H and O–H groups in total. The predicted molar refractivity (Wildman–Crippen MR) is 46.2 cm³/mol. The van der Waals surface area contributed by atoms with Crippen LogP contribution < -0.4 is 5.73 Å². The fourth-order valence-corrected chi connectivity index (χ4v) is 0.961. The van der Waals surface area contributed by atoms with Crippen LogP contribution in [0.25, 0.3) is 0 Å². The summed E-state index contributed by atoms with van der Waals surface area (Å²) in [6, 6.07) is 0. The van der Waals surface area contributed by atoms with Crippen molar-refractivity contribution in [1.29, 1.82) is 0 Å². The lowest BCUT2D eigenvalue weighted by Gasteiger charge is -2.07. The van der Waals surface area contributed by atoms with Gasteiger partial charge >= 0.3 is 5.97 Å². The minimum absolute atomic E-state index is 0.0762. The van der Waals surface area contributed by atoms with E-state index in [0.29, 0.717) is 12.3 Å². The number of nitrogens with two attached hydrogens (primary N) is 1. The molecule has 0 aliphatic heterocycles. The SMILES string of the molecule is CCOC(=O)/C=C(\N)C1(C)CC1. The quantitative estimate of drug-likeness (QED) is 0.510. The second-order valence-electron chi connectivity index (χ2n) is 3.41. The Morgan fingerprint density at radius 2 is 2.25 bits per heavy atom. The van der Waals surface area contributed by atoms with Gasteiger partial charge in [0, 0.05) is 17.2 Å². The predicted octanol–water partition coefficient (Wildman–Crippen LogP) is 1.19. The average Bonchev–Trinajstić information content (AvgIpc) is 2.69. The van der Waals surface area contributed by atoms with E-state index in [1.165, 1.54) is 6.08 Å². The molecule has 1 aliphatic carbocycles. The van der Waals surface area contributed by atoms with Gasteiger partial charge in [0.15, 0.2) is 0 Å². The van der Waals surface area contributed by atoms with Crippen molar-refractivity contribution in [2.75, 3.05) is 6.61 Å². The Hall–Kier alpha value is -0.990. The summed E-state index contributed by atoms with van der Waals surface area (Å²) < 4.78 is 4.74. The van der Waals surface area contributed by atoms with Gasteiger partial charge in [0.2, 0.25) is 0 Å². The average molecular weight is 169 g/mol. The number of carbonyl (C=O) groups is 1. The van der Waals surface area contributed by atoms with Gasteiger partial charge in [0.05, 0.1) is 6.61 Å². The molecule has 68 valence electrons. The van der Waals surface area contributed by atoms with Crippen LogP contribution >= 0.6 is 0 Å². The van der Waals surface area contributed by atoms with E-state index >= 15 is 0 Å². The summed E-state index contributed by atoms with van der Waals surface area (Å²) in [5.74, 6) is -0.330. The normalized spacial score (nSPS) is 20.3. The second kappa shape index (κ2) is 3.17. The van der Waals surface area contributed by atoms with Crippen LogP contribution in [0.4, 0.5) is 0 Å². The third kappa shape index (κ3) is 2.00. The fraction of sp³-hybridized carbons (Fsp3) is 0.667. The lowest BCUT2D eigenvalue weighted by Crippen LogP contribution is -2.12. The number of hydrogen-bond acceptors (Lipinski definition) is 3. The van der Waals surface area contributed by atoms with E-state index in [9.17, 15) is 4.79 Å². The first kappa shape index (κ1) is 9.10. The van der Waals surface area contributed by atoms with Gasteiger partial charge in [-0.25, -0.2) is 4.79 Å². The molecule has 0 bridgehead atoms. The van der Waals surface area contributed by atoms with Crippen LogP contribution in [-0.2, 0) is 9.53 Å². The molecule has 1 rings (SSSR count). The molecule has 1 fully saturated rings. The molecule has 0 saturated heterocycles. The van der Waals surface area contributed by atoms with Crippen molar-refractivity contribution in [3.05, 3.63) is 11.8 Å². The van der Waals surface area contributed by atoms with E-state index in [2.05, 4.69) is 6.92 Å². The molecular weight excluding hydrogens is 154 g/mol. The smallest absolute Gasteiger partial charge is 0.332 e. The fourth-order valence-electron chi connectivity index (χ4n) is 0.961. The first-order valence-corrected chi connectivity index (χ1v) is 4.23. The summed E-state index contributed by atoms with van der Waals surface area (Å²) in [4.78, 5) is 10.9. The number of allylic oxidation sites excluding steroid dienone is 1. The summed E-state index contributed by atoms with van der Waals surface area (Å²) in [5.41, 5.74) is 6.43. The van der Waals surface area contributed by atoms with Gasteiger partial charge < -0.3 is 10.5 Å². The molecule has 1 aliphatic rings. The molecule has 0 spiro atoms. The Balaban J connectivity index is 2.50. The number of hydrogen-bond donors (Lipinski definition) is 1. The molecule has 0 aromatic heterocycles. The van der Waals surface area contributed by atoms with Gasteiger partial charge in [-0.05, 0) is 19.8 Å². The number of rotatable bonds is 3. The van der Waals surface area contributed by atoms with Gasteiger partial charge in [0.25, 0.3) is 0 Å². The van der Waals surface area contributed by atoms with Crippen LogP contribution in [0, 0.1) is 5.41 Å². The Labute approximate surface area is 72.6 Å². The molecule has 12 heavy (non-hydrogen) atoms. The van der Waals surface area contributed by atoms with Crippen LogP contribution in [0.2, 0.25) is 0 Å². The third-order valence-electron chi connectivity index (χ3n) is 2.26. The number of carbonyl (C=O) groups excluding carboxylic acids is 1. The van der Waals surface area contributed by atoms with Crippen LogP contribution in [0.1, 0.15) is 26.7 Å². The van der Waals surface area contributed by atoms with Crippen molar-refractivity contribution in [3.63, 3.8) is 0 Å². The van der Waals surface area contributed by atoms with Crippen molar-refractivity contribution in [2.45, 2.75) is 26.7 Å². The van der Waals surface area contributed by atoms with Gasteiger partial charge in [-0.3, -0.25) is 0 Å². The Kier molecular flexibility index (Phi) is 2.40. The van der Waals surface area contributed by atoms with E-state index in [1.54, 1.807) is 6.92 Å². The van der Waals surface area contributed by atoms with Crippen LogP contribution in [0.15, 0.2) is 11.8 Å². The molecule has 0 amide bonds. The second-order valence-corrected chi connectivity index (χ2v) is 3.41. The maximum Gasteiger partial charge on any atom is 0.332 e. The van der Waals surface area contributed by atoms with Gasteiger partial charge in [0.1, 0.15) is 0 Å². The lowest BCUT2D eigenvalue weighted by molar-refractivity contribution is -0.137. The zero-order valence-corrected chi connectivity index (χ0v) is 7.59. The highest BCUT2D eigenvalue weighted by Gasteiger charge is 2.40. The van der Waals surface area contributed by atoms with Crippen LogP contribution in [0.3, 0.4) is 0 Å². The molecule has 0 aromatic rings. The summed E-state index contributed by atoms with van der Waals surface area (Å²) in [6.45, 7) is 4.23. The van der Waals surface area contributed by atoms with Gasteiger partial charge in [-0.1, -0.05) is 6.92 Å². The maximum absolute atomic E-state index is 10.9. The molecule has 0 heterocycles. The third-order valence-corrected chi connectivity index (χ3v) is 2.26. The monoisotopic (exact) mass is 169 g/mol. The Bertz CT molecular complexity index is 217. The van der Waals surface area contributed by atoms with Crippen molar-refractivity contribution in [3.8, 4) is 0 Å². The highest BCUT2D eigenvalue weighted by atomic mass is 16.5. The molecule has 0 radical (unpaired) electrons. The molecule has 1 saturated carbocycles. The van der Waals surface area contributed by atoms with Crippen molar-refractivity contribution < 1.29 is 9.53 Å². The standard InChI is InChI=1S/C9H15NO2/c1-3-12-8(11)6-7(10)9(2)4-5-9/h6H,3-5,10H2,1-2H3/b7-6-. The molecule has 0 atom stereocenters. The minimum atomic E-state index is -0.330. The number of esters is 1. The van der Waals surface area contributed by atoms with Gasteiger partial charge in [-0.15, -0.1) is 0 Å². The van der Waals surface area contributed by atoms with Crippen molar-refractivity contribution in [1.82, 2.24) is 0 Å². The molecule has 0 unspecified atom stereocenters. The first-order valence-electron chi connectivity index (χ1n) is 4.23. The van der Waals surface area contributed by atoms with E-state index in [1.807, 2.05) is 0 Å². The maximum atomic E-state index is 10.9. The Morgan fingerprint density at radius 1 is 1.67 bits per heavy atom. The summed E-state index contributed by atoms with van der Waals surface area (Å²) in [7, 11) is 0. The summed E-state index contributed by atoms with van der Waals surface area (Å²) in [6.07, 6.45) is 3.56. The van der Waals surface area contributed by atoms with E-state index in [4.69, 9.17) is 10.5 Å². The number of ether oxygens (including phenoxy) is 1. The zero-order valence-electron chi connectivity index (χ0n) is 7.59. The van der Waals surface area contributed by atoms with Crippen molar-refractivity contribution in [2.24, 2.45) is 11.1 Å². The van der Waals surface area contributed by atoms with Crippen molar-refractivity contribution >= 4 is 5.97 Å². The highest BCUT2D eigenvalue weighted by molar-refractivity contribution is 5.82. The zero-order chi connectivity index (χ0) is 9.19. The molecule has 0 aromatic carbocycles. The summed E-state index contributed by atoms with van der Waals surface area (Å²) >= 11 is 0. The topological polar surface area (TPSA) is 52.3 Å². The molecular formula is C9H15NO2. The van der Waals surface area contributed by atoms with Gasteiger partial charge in [-0.2, -0.15) is 0 Å². The largest absolute Gasteiger partial charge is 0.463 e. The Morgan fingerprint density at radius 3 is 2.67 bits per heavy atom. The molecule has 3 heteroatoms. The first-order chi connectivity index (χ1) is 5.58. The summed E-state index contributed by atoms with van der Waals surface area (Å²) in [5, 5.41) is 0. The van der Waals surface area contributed by atoms with Crippen LogP contribution in [-0.4, -0.2) is 12.6 Å². The lowest BCUT2D eigenvalue weighted by atomic mass is 10.1. The molecule has 3 nitrogen and oxygen atoms in total. The van der Waals surface area contributed by atoms with E-state index < -0.39 is 0 Å².